The normalized spacial score (nSPS) is 15.3. The average molecular weight is 599 g/mol. The van der Waals surface area contributed by atoms with Crippen molar-refractivity contribution in [3.63, 3.8) is 0 Å². The lowest BCUT2D eigenvalue weighted by Crippen LogP contribution is -2.35. The monoisotopic (exact) mass is 598 g/mol. The molecule has 2 aromatic rings. The summed E-state index contributed by atoms with van der Waals surface area (Å²) in [4.78, 5) is 12.1. The molecule has 2 rings (SSSR count). The van der Waals surface area contributed by atoms with Crippen LogP contribution in [0, 0.1) is 23.7 Å². The van der Waals surface area contributed by atoms with E-state index in [1.807, 2.05) is 24.3 Å². The predicted octanol–water partition coefficient (Wildman–Crippen LogP) is 8.61. The topological polar surface area (TPSA) is 63.2 Å². The third-order valence-corrected chi connectivity index (χ3v) is 8.72. The molecular weight excluding hydrogens is 540 g/mol. The number of esters is 1. The summed E-state index contributed by atoms with van der Waals surface area (Å²) in [6.07, 6.45) is 7.16. The number of benzene rings is 2. The van der Waals surface area contributed by atoms with E-state index < -0.39 is 0 Å². The third-order valence-electron chi connectivity index (χ3n) is 8.72. The van der Waals surface area contributed by atoms with Crippen molar-refractivity contribution in [2.45, 2.75) is 111 Å². The van der Waals surface area contributed by atoms with Crippen LogP contribution in [0.1, 0.15) is 90.2 Å². The molecule has 43 heavy (non-hydrogen) atoms. The number of hydrogen-bond acceptors (Lipinski definition) is 6. The predicted molar refractivity (Wildman–Crippen MR) is 173 cm³/mol. The fourth-order valence-corrected chi connectivity index (χ4v) is 5.80. The summed E-state index contributed by atoms with van der Waals surface area (Å²) in [5.74, 6) is 1.40. The minimum Gasteiger partial charge on any atom is -0.469 e. The Morgan fingerprint density at radius 3 is 1.74 bits per heavy atom. The van der Waals surface area contributed by atoms with Gasteiger partial charge in [0.1, 0.15) is 0 Å². The van der Waals surface area contributed by atoms with Gasteiger partial charge in [-0.05, 0) is 66.9 Å². The number of hydrogen-bond donors (Lipinski definition) is 0. The number of methoxy groups -OCH3 is 3. The first-order valence-electron chi connectivity index (χ1n) is 16.2. The molecule has 5 atom stereocenters. The summed E-state index contributed by atoms with van der Waals surface area (Å²) in [7, 11) is 4.85. The largest absolute Gasteiger partial charge is 0.469 e. The van der Waals surface area contributed by atoms with Gasteiger partial charge in [-0.25, -0.2) is 0 Å². The fraction of sp³-hybridized carbons (Fsp3) is 0.649. The summed E-state index contributed by atoms with van der Waals surface area (Å²) >= 11 is 0. The molecule has 0 aromatic heterocycles. The first kappa shape index (κ1) is 36.9. The highest BCUT2D eigenvalue weighted by atomic mass is 16.7. The van der Waals surface area contributed by atoms with Gasteiger partial charge in [-0.15, -0.1) is 0 Å². The van der Waals surface area contributed by atoms with Gasteiger partial charge < -0.3 is 23.7 Å². The maximum absolute atomic E-state index is 12.1. The van der Waals surface area contributed by atoms with Crippen molar-refractivity contribution in [1.82, 2.24) is 0 Å². The molecule has 0 heterocycles. The van der Waals surface area contributed by atoms with Crippen molar-refractivity contribution in [2.75, 3.05) is 21.3 Å². The van der Waals surface area contributed by atoms with Crippen LogP contribution in [0.4, 0.5) is 0 Å². The summed E-state index contributed by atoms with van der Waals surface area (Å²) in [6, 6.07) is 20.7. The Labute approximate surface area is 261 Å². The Hall–Kier alpha value is -2.25. The van der Waals surface area contributed by atoms with E-state index in [1.165, 1.54) is 19.1 Å². The summed E-state index contributed by atoms with van der Waals surface area (Å²) in [5, 5.41) is 0. The lowest BCUT2D eigenvalue weighted by Gasteiger charge is -2.35. The number of carbonyl (C=O) groups excluding carboxylic acids is 1. The molecule has 1 unspecified atom stereocenters. The van der Waals surface area contributed by atoms with Crippen LogP contribution in [-0.2, 0) is 41.7 Å². The molecule has 0 radical (unpaired) electrons. The van der Waals surface area contributed by atoms with Gasteiger partial charge in [-0.1, -0.05) is 101 Å². The van der Waals surface area contributed by atoms with Crippen LogP contribution in [0.25, 0.3) is 0 Å². The molecule has 6 nitrogen and oxygen atoms in total. The van der Waals surface area contributed by atoms with Gasteiger partial charge in [0.05, 0.1) is 32.5 Å². The second-order valence-corrected chi connectivity index (χ2v) is 12.4. The van der Waals surface area contributed by atoms with Crippen molar-refractivity contribution in [1.29, 1.82) is 0 Å². The second kappa shape index (κ2) is 21.5. The van der Waals surface area contributed by atoms with Crippen molar-refractivity contribution in [2.24, 2.45) is 23.7 Å². The second-order valence-electron chi connectivity index (χ2n) is 12.4. The molecular formula is C37H58O6. The molecule has 0 aliphatic heterocycles. The van der Waals surface area contributed by atoms with Crippen molar-refractivity contribution >= 4 is 5.97 Å². The van der Waals surface area contributed by atoms with Crippen LogP contribution in [0.15, 0.2) is 60.7 Å². The SMILES string of the molecule is COC(=O)CC[C@@H](OCc1ccccc1)[C@H](CC(OCc1ccccc1)[C@@H](C)CCC[C@@H](C)CCC(OC)OC)C(C)C. The van der Waals surface area contributed by atoms with Crippen molar-refractivity contribution in [3.05, 3.63) is 71.8 Å². The van der Waals surface area contributed by atoms with Gasteiger partial charge in [0.2, 0.25) is 0 Å². The number of rotatable bonds is 23. The Morgan fingerprint density at radius 1 is 0.674 bits per heavy atom. The first-order valence-corrected chi connectivity index (χ1v) is 16.2. The van der Waals surface area contributed by atoms with E-state index in [2.05, 4.69) is 64.1 Å². The third kappa shape index (κ3) is 14.9. The molecule has 0 saturated carbocycles. The van der Waals surface area contributed by atoms with Gasteiger partial charge in [-0.2, -0.15) is 0 Å². The van der Waals surface area contributed by atoms with Crippen LogP contribution in [0.2, 0.25) is 0 Å². The molecule has 0 amide bonds. The van der Waals surface area contributed by atoms with E-state index in [-0.39, 0.29) is 30.4 Å². The Balaban J connectivity index is 2.13. The lowest BCUT2D eigenvalue weighted by atomic mass is 9.80. The molecule has 242 valence electrons. The minimum atomic E-state index is -0.197. The van der Waals surface area contributed by atoms with E-state index in [4.69, 9.17) is 23.7 Å². The van der Waals surface area contributed by atoms with Crippen LogP contribution >= 0.6 is 0 Å². The maximum atomic E-state index is 12.1. The van der Waals surface area contributed by atoms with E-state index in [0.29, 0.717) is 43.8 Å². The van der Waals surface area contributed by atoms with Crippen LogP contribution in [-0.4, -0.2) is 45.8 Å². The zero-order valence-electron chi connectivity index (χ0n) is 27.8. The number of carbonyl (C=O) groups is 1. The maximum Gasteiger partial charge on any atom is 0.305 e. The molecule has 6 heteroatoms. The van der Waals surface area contributed by atoms with Crippen molar-refractivity contribution in [3.8, 4) is 0 Å². The van der Waals surface area contributed by atoms with Crippen LogP contribution < -0.4 is 0 Å². The highest BCUT2D eigenvalue weighted by Gasteiger charge is 2.31. The van der Waals surface area contributed by atoms with Gasteiger partial charge in [0.15, 0.2) is 6.29 Å². The molecule has 0 spiro atoms. The van der Waals surface area contributed by atoms with Crippen LogP contribution in [0.5, 0.6) is 0 Å². The Kier molecular flexibility index (Phi) is 18.4. The van der Waals surface area contributed by atoms with Gasteiger partial charge in [-0.3, -0.25) is 4.79 Å². The van der Waals surface area contributed by atoms with E-state index in [0.717, 1.165) is 37.7 Å². The molecule has 0 aliphatic rings. The highest BCUT2D eigenvalue weighted by Crippen LogP contribution is 2.33. The summed E-state index contributed by atoms with van der Waals surface area (Å²) in [5.41, 5.74) is 2.32. The van der Waals surface area contributed by atoms with Crippen molar-refractivity contribution < 1.29 is 28.5 Å². The zero-order valence-corrected chi connectivity index (χ0v) is 27.8. The first-order chi connectivity index (χ1) is 20.8. The molecule has 0 fully saturated rings. The molecule has 0 saturated heterocycles. The Bertz CT molecular complexity index is 962. The van der Waals surface area contributed by atoms with E-state index >= 15 is 0 Å². The van der Waals surface area contributed by atoms with E-state index in [1.54, 1.807) is 14.2 Å². The smallest absolute Gasteiger partial charge is 0.305 e. The zero-order chi connectivity index (χ0) is 31.5. The Morgan fingerprint density at radius 2 is 1.23 bits per heavy atom. The number of ether oxygens (including phenoxy) is 5. The van der Waals surface area contributed by atoms with Crippen LogP contribution in [0.3, 0.4) is 0 Å². The average Bonchev–Trinajstić information content (AvgIpc) is 3.02. The lowest BCUT2D eigenvalue weighted by molar-refractivity contribution is -0.142. The molecule has 0 aliphatic carbocycles. The van der Waals surface area contributed by atoms with Gasteiger partial charge in [0.25, 0.3) is 0 Å². The minimum absolute atomic E-state index is 0.0789. The summed E-state index contributed by atoms with van der Waals surface area (Å²) in [6.45, 7) is 10.3. The highest BCUT2D eigenvalue weighted by molar-refractivity contribution is 5.69. The van der Waals surface area contributed by atoms with Gasteiger partial charge >= 0.3 is 5.97 Å². The fourth-order valence-electron chi connectivity index (χ4n) is 5.80. The summed E-state index contributed by atoms with van der Waals surface area (Å²) < 4.78 is 29.0. The molecule has 2 aromatic carbocycles. The quantitative estimate of drug-likeness (QED) is 0.0943. The van der Waals surface area contributed by atoms with Gasteiger partial charge in [0, 0.05) is 20.6 Å². The van der Waals surface area contributed by atoms with E-state index in [9.17, 15) is 4.79 Å². The molecule has 0 N–H and O–H groups in total. The molecule has 0 bridgehead atoms. The standard InChI is InChI=1S/C37H58O6/c1-28(2)33(34(22-23-36(38)39-5)42-26-31-17-10-8-11-18-31)25-35(43-27-32-19-12-9-13-20-32)30(4)16-14-15-29(3)21-24-37(40-6)41-7/h8-13,17-20,28-30,33-35,37H,14-16,21-27H2,1-7H3/t29-,30+,33-,34-,35?/m1/s1.